The summed E-state index contributed by atoms with van der Waals surface area (Å²) in [6.07, 6.45) is 4.88. The average Bonchev–Trinajstić information content (AvgIpc) is 2.64. The molecule has 0 radical (unpaired) electrons. The largest absolute Gasteiger partial charge is 0.298 e. The van der Waals surface area contributed by atoms with Gasteiger partial charge in [0.05, 0.1) is 0 Å². The van der Waals surface area contributed by atoms with Gasteiger partial charge in [-0.2, -0.15) is 0 Å². The van der Waals surface area contributed by atoms with Crippen molar-refractivity contribution < 1.29 is 4.79 Å². The Morgan fingerprint density at radius 1 is 1.00 bits per heavy atom. The average molecular weight is 184 g/mol. The van der Waals surface area contributed by atoms with Crippen LogP contribution in [-0.2, 0) is 0 Å². The van der Waals surface area contributed by atoms with E-state index in [1.54, 1.807) is 0 Å². The second kappa shape index (κ2) is 2.97. The number of benzene rings is 1. The number of carbonyl (C=O) groups is 1. The monoisotopic (exact) mass is 184 g/mol. The Labute approximate surface area is 83.8 Å². The summed E-state index contributed by atoms with van der Waals surface area (Å²) in [5.74, 6) is 0. The van der Waals surface area contributed by atoms with Gasteiger partial charge >= 0.3 is 0 Å². The predicted molar refractivity (Wildman–Crippen MR) is 58.5 cm³/mol. The van der Waals surface area contributed by atoms with E-state index >= 15 is 0 Å². The third kappa shape index (κ3) is 0.997. The number of rotatable bonds is 1. The first-order chi connectivity index (χ1) is 6.66. The van der Waals surface area contributed by atoms with E-state index in [4.69, 9.17) is 0 Å². The molecular formula is C13H12O. The van der Waals surface area contributed by atoms with Crippen molar-refractivity contribution in [2.24, 2.45) is 0 Å². The Morgan fingerprint density at radius 2 is 1.57 bits per heavy atom. The fourth-order valence-corrected chi connectivity index (χ4v) is 1.99. The van der Waals surface area contributed by atoms with E-state index in [1.807, 2.05) is 26.0 Å². The predicted octanol–water partition coefficient (Wildman–Crippen LogP) is 3.06. The van der Waals surface area contributed by atoms with E-state index in [2.05, 4.69) is 12.7 Å². The third-order valence-corrected chi connectivity index (χ3v) is 3.04. The van der Waals surface area contributed by atoms with Gasteiger partial charge in [-0.05, 0) is 60.7 Å². The molecule has 0 heterocycles. The molecule has 1 aliphatic carbocycles. The van der Waals surface area contributed by atoms with E-state index in [0.717, 1.165) is 28.5 Å². The molecule has 0 aromatic heterocycles. The zero-order chi connectivity index (χ0) is 10.3. The van der Waals surface area contributed by atoms with E-state index in [-0.39, 0.29) is 0 Å². The standard InChI is InChI=1S/C13H12O/c1-8-9(2)13(7-14)10(3)12-6-4-5-11(8)12/h5-7H,1-3H3. The lowest BCUT2D eigenvalue weighted by molar-refractivity contribution is 0.112. The topological polar surface area (TPSA) is 17.1 Å². The molecule has 0 amide bonds. The first-order valence-electron chi connectivity index (χ1n) is 4.68. The van der Waals surface area contributed by atoms with E-state index in [9.17, 15) is 4.79 Å². The molecule has 0 fully saturated rings. The van der Waals surface area contributed by atoms with Crippen molar-refractivity contribution in [2.45, 2.75) is 20.8 Å². The SMILES string of the molecule is Cc1c(C)c2c(c(C)c1C=O)C=C=C2. The number of hydrogen-bond donors (Lipinski definition) is 0. The zero-order valence-corrected chi connectivity index (χ0v) is 8.64. The van der Waals surface area contributed by atoms with E-state index in [1.165, 1.54) is 11.1 Å². The molecular weight excluding hydrogens is 172 g/mol. The minimum atomic E-state index is 0.828. The highest BCUT2D eigenvalue weighted by molar-refractivity contribution is 5.88. The van der Waals surface area contributed by atoms with Crippen LogP contribution >= 0.6 is 0 Å². The second-order valence-corrected chi connectivity index (χ2v) is 3.69. The zero-order valence-electron chi connectivity index (χ0n) is 8.64. The van der Waals surface area contributed by atoms with Crippen molar-refractivity contribution in [3.8, 4) is 0 Å². The van der Waals surface area contributed by atoms with Crippen molar-refractivity contribution in [3.05, 3.63) is 39.1 Å². The van der Waals surface area contributed by atoms with Crippen LogP contribution in [0.15, 0.2) is 5.73 Å². The van der Waals surface area contributed by atoms with Crippen LogP contribution in [0.25, 0.3) is 12.2 Å². The molecule has 2 rings (SSSR count). The quantitative estimate of drug-likeness (QED) is 0.491. The normalized spacial score (nSPS) is 11.9. The summed E-state index contributed by atoms with van der Waals surface area (Å²) in [5, 5.41) is 0. The van der Waals surface area contributed by atoms with Gasteiger partial charge in [0, 0.05) is 5.56 Å². The summed E-state index contributed by atoms with van der Waals surface area (Å²) in [7, 11) is 0. The molecule has 1 aromatic rings. The van der Waals surface area contributed by atoms with Crippen molar-refractivity contribution in [2.75, 3.05) is 0 Å². The van der Waals surface area contributed by atoms with Crippen molar-refractivity contribution in [1.29, 1.82) is 0 Å². The molecule has 1 aromatic carbocycles. The summed E-state index contributed by atoms with van der Waals surface area (Å²) >= 11 is 0. The number of hydrogen-bond acceptors (Lipinski definition) is 1. The first-order valence-corrected chi connectivity index (χ1v) is 4.68. The molecule has 70 valence electrons. The van der Waals surface area contributed by atoms with Gasteiger partial charge in [-0.25, -0.2) is 0 Å². The van der Waals surface area contributed by atoms with E-state index < -0.39 is 0 Å². The van der Waals surface area contributed by atoms with Gasteiger partial charge in [-0.15, -0.1) is 5.73 Å². The smallest absolute Gasteiger partial charge is 0.150 e. The lowest BCUT2D eigenvalue weighted by Gasteiger charge is -2.13. The molecule has 1 nitrogen and oxygen atoms in total. The molecule has 0 saturated carbocycles. The number of aldehydes is 1. The summed E-state index contributed by atoms with van der Waals surface area (Å²) in [6, 6.07) is 0. The van der Waals surface area contributed by atoms with Crippen LogP contribution in [0, 0.1) is 20.8 Å². The van der Waals surface area contributed by atoms with Gasteiger partial charge in [0.2, 0.25) is 0 Å². The first kappa shape index (κ1) is 8.98. The number of carbonyl (C=O) groups excluding carboxylic acids is 1. The van der Waals surface area contributed by atoms with Gasteiger partial charge in [0.15, 0.2) is 6.29 Å². The fraction of sp³-hybridized carbons (Fsp3) is 0.231. The van der Waals surface area contributed by atoms with Crippen molar-refractivity contribution in [3.63, 3.8) is 0 Å². The summed E-state index contributed by atoms with van der Waals surface area (Å²) in [4.78, 5) is 11.0. The van der Waals surface area contributed by atoms with Gasteiger partial charge in [-0.1, -0.05) is 0 Å². The Balaban J connectivity index is 2.88. The highest BCUT2D eigenvalue weighted by atomic mass is 16.1. The van der Waals surface area contributed by atoms with Gasteiger partial charge in [-0.3, -0.25) is 4.79 Å². The van der Waals surface area contributed by atoms with Crippen molar-refractivity contribution in [1.82, 2.24) is 0 Å². The Kier molecular flexibility index (Phi) is 1.90. The van der Waals surface area contributed by atoms with Crippen LogP contribution in [0.3, 0.4) is 0 Å². The maximum atomic E-state index is 11.0. The summed E-state index contributed by atoms with van der Waals surface area (Å²) in [6.45, 7) is 6.04. The van der Waals surface area contributed by atoms with Crippen molar-refractivity contribution >= 4 is 18.4 Å². The highest BCUT2D eigenvalue weighted by Gasteiger charge is 2.15. The fourth-order valence-electron chi connectivity index (χ4n) is 1.99. The minimum absolute atomic E-state index is 0.828. The van der Waals surface area contributed by atoms with Gasteiger partial charge < -0.3 is 0 Å². The Bertz CT molecular complexity index is 480. The Morgan fingerprint density at radius 3 is 2.14 bits per heavy atom. The van der Waals surface area contributed by atoms with Crippen LogP contribution in [-0.4, -0.2) is 6.29 Å². The maximum absolute atomic E-state index is 11.0. The lowest BCUT2D eigenvalue weighted by Crippen LogP contribution is -2.00. The van der Waals surface area contributed by atoms with E-state index in [0.29, 0.717) is 0 Å². The molecule has 1 aliphatic rings. The molecule has 0 bridgehead atoms. The molecule has 0 atom stereocenters. The van der Waals surface area contributed by atoms with Gasteiger partial charge in [0.25, 0.3) is 0 Å². The molecule has 0 N–H and O–H groups in total. The molecule has 14 heavy (non-hydrogen) atoms. The van der Waals surface area contributed by atoms with Gasteiger partial charge in [0.1, 0.15) is 0 Å². The van der Waals surface area contributed by atoms with Crippen LogP contribution in [0.5, 0.6) is 0 Å². The molecule has 0 saturated heterocycles. The molecule has 1 heteroatoms. The van der Waals surface area contributed by atoms with Crippen LogP contribution in [0.2, 0.25) is 0 Å². The van der Waals surface area contributed by atoms with Crippen LogP contribution < -0.4 is 0 Å². The van der Waals surface area contributed by atoms with Crippen LogP contribution in [0.1, 0.15) is 38.2 Å². The summed E-state index contributed by atoms with van der Waals surface area (Å²) in [5.41, 5.74) is 9.62. The molecule has 0 aliphatic heterocycles. The number of fused-ring (bicyclic) bond motifs is 1. The summed E-state index contributed by atoms with van der Waals surface area (Å²) < 4.78 is 0. The van der Waals surface area contributed by atoms with Crippen LogP contribution in [0.4, 0.5) is 0 Å². The molecule has 0 unspecified atom stereocenters. The molecule has 0 spiro atoms. The third-order valence-electron chi connectivity index (χ3n) is 3.04. The second-order valence-electron chi connectivity index (χ2n) is 3.69. The Hall–Kier alpha value is -1.59. The minimum Gasteiger partial charge on any atom is -0.298 e. The lowest BCUT2D eigenvalue weighted by atomic mass is 9.90. The maximum Gasteiger partial charge on any atom is 0.150 e. The highest BCUT2D eigenvalue weighted by Crippen LogP contribution is 2.30.